The van der Waals surface area contributed by atoms with Crippen molar-refractivity contribution in [3.05, 3.63) is 188 Å². The molecule has 8 aromatic rings. The fraction of sp³-hybridized carbons (Fsp3) is 0. The summed E-state index contributed by atoms with van der Waals surface area (Å²) < 4.78 is 0. The summed E-state index contributed by atoms with van der Waals surface area (Å²) in [6, 6.07) is 53.2. The minimum absolute atomic E-state index is 0.882. The molecular formula is C47H34N4. The Morgan fingerprint density at radius 1 is 0.569 bits per heavy atom. The van der Waals surface area contributed by atoms with Gasteiger partial charge in [0.1, 0.15) is 0 Å². The molecular weight excluding hydrogens is 621 g/mol. The van der Waals surface area contributed by atoms with Crippen LogP contribution in [0.3, 0.4) is 0 Å². The van der Waals surface area contributed by atoms with E-state index >= 15 is 0 Å². The summed E-state index contributed by atoms with van der Waals surface area (Å²) in [6.45, 7) is 0. The van der Waals surface area contributed by atoms with Crippen LogP contribution in [0.2, 0.25) is 0 Å². The number of fused-ring (bicyclic) bond motifs is 3. The van der Waals surface area contributed by atoms with Gasteiger partial charge in [-0.1, -0.05) is 140 Å². The highest BCUT2D eigenvalue weighted by molar-refractivity contribution is 6.21. The van der Waals surface area contributed by atoms with Crippen LogP contribution in [0.25, 0.3) is 71.3 Å². The Kier molecular flexibility index (Phi) is 8.79. The van der Waals surface area contributed by atoms with Gasteiger partial charge < -0.3 is 5.41 Å². The first-order chi connectivity index (χ1) is 25.3. The van der Waals surface area contributed by atoms with E-state index in [9.17, 15) is 0 Å². The van der Waals surface area contributed by atoms with Crippen LogP contribution in [-0.4, -0.2) is 17.4 Å². The Morgan fingerprint density at radius 3 is 1.86 bits per heavy atom. The lowest BCUT2D eigenvalue weighted by Gasteiger charge is -2.18. The number of nitrogens with zero attached hydrogens (tertiary/aromatic N) is 2. The molecule has 0 unspecified atom stereocenters. The molecule has 4 nitrogen and oxygen atoms in total. The van der Waals surface area contributed by atoms with Crippen molar-refractivity contribution in [2.75, 3.05) is 5.43 Å². The van der Waals surface area contributed by atoms with E-state index in [1.54, 1.807) is 12.3 Å². The van der Waals surface area contributed by atoms with Gasteiger partial charge in [-0.15, -0.1) is 0 Å². The van der Waals surface area contributed by atoms with Crippen molar-refractivity contribution >= 4 is 56.0 Å². The Hall–Kier alpha value is -6.91. The molecule has 0 aliphatic heterocycles. The first-order valence-electron chi connectivity index (χ1n) is 17.0. The maximum Gasteiger partial charge on any atom is 0.0562 e. The predicted octanol–water partition coefficient (Wildman–Crippen LogP) is 12.2. The molecule has 0 aliphatic carbocycles. The van der Waals surface area contributed by atoms with Crippen LogP contribution in [0, 0.1) is 5.41 Å². The third-order valence-corrected chi connectivity index (χ3v) is 9.24. The smallest absolute Gasteiger partial charge is 0.0562 e. The van der Waals surface area contributed by atoms with Gasteiger partial charge in [0.2, 0.25) is 0 Å². The number of rotatable bonds is 9. The molecule has 1 heterocycles. The molecule has 0 spiro atoms. The highest BCUT2D eigenvalue weighted by Gasteiger charge is 2.16. The molecule has 8 rings (SSSR count). The summed E-state index contributed by atoms with van der Waals surface area (Å²) in [7, 11) is 0. The van der Waals surface area contributed by atoms with Gasteiger partial charge in [-0.3, -0.25) is 10.4 Å². The Bertz CT molecular complexity index is 2550. The Labute approximate surface area is 297 Å². The maximum atomic E-state index is 7.67. The van der Waals surface area contributed by atoms with Crippen LogP contribution in [0.5, 0.6) is 0 Å². The second kappa shape index (κ2) is 14.3. The fourth-order valence-electron chi connectivity index (χ4n) is 6.91. The Morgan fingerprint density at radius 2 is 1.18 bits per heavy atom. The highest BCUT2D eigenvalue weighted by atomic mass is 15.3. The van der Waals surface area contributed by atoms with E-state index in [1.807, 2.05) is 42.7 Å². The maximum absolute atomic E-state index is 7.67. The highest BCUT2D eigenvalue weighted by Crippen LogP contribution is 2.43. The van der Waals surface area contributed by atoms with E-state index < -0.39 is 0 Å². The van der Waals surface area contributed by atoms with Crippen molar-refractivity contribution < 1.29 is 0 Å². The van der Waals surface area contributed by atoms with Crippen molar-refractivity contribution in [3.63, 3.8) is 0 Å². The van der Waals surface area contributed by atoms with Gasteiger partial charge in [0.25, 0.3) is 0 Å². The molecule has 2 N–H and O–H groups in total. The molecule has 4 heteroatoms. The summed E-state index contributed by atoms with van der Waals surface area (Å²) in [4.78, 5) is 4.43. The summed E-state index contributed by atoms with van der Waals surface area (Å²) in [5.41, 5.74) is 13.0. The van der Waals surface area contributed by atoms with Crippen molar-refractivity contribution in [2.24, 2.45) is 5.10 Å². The molecule has 51 heavy (non-hydrogen) atoms. The van der Waals surface area contributed by atoms with Crippen molar-refractivity contribution in [3.8, 4) is 33.4 Å². The molecule has 0 saturated heterocycles. The zero-order valence-corrected chi connectivity index (χ0v) is 27.9. The molecule has 7 aromatic carbocycles. The quantitative estimate of drug-likeness (QED) is 0.0704. The zero-order valence-electron chi connectivity index (χ0n) is 27.9. The third kappa shape index (κ3) is 6.34. The van der Waals surface area contributed by atoms with Crippen LogP contribution in [0.15, 0.2) is 187 Å². The monoisotopic (exact) mass is 654 g/mol. The van der Waals surface area contributed by atoms with E-state index in [2.05, 4.69) is 149 Å². The number of hydrogen-bond donors (Lipinski definition) is 2. The van der Waals surface area contributed by atoms with Gasteiger partial charge in [0.15, 0.2) is 0 Å². The lowest BCUT2D eigenvalue weighted by Crippen LogP contribution is -1.92. The normalized spacial score (nSPS) is 12.0. The summed E-state index contributed by atoms with van der Waals surface area (Å²) in [6.07, 6.45) is 12.5. The largest absolute Gasteiger partial charge is 0.309 e. The summed E-state index contributed by atoms with van der Waals surface area (Å²) in [5, 5.41) is 19.3. The second-order valence-electron chi connectivity index (χ2n) is 12.3. The summed E-state index contributed by atoms with van der Waals surface area (Å²) in [5.74, 6) is 0. The lowest BCUT2D eigenvalue weighted by atomic mass is 9.85. The van der Waals surface area contributed by atoms with Crippen molar-refractivity contribution in [1.82, 2.24) is 4.98 Å². The van der Waals surface area contributed by atoms with Gasteiger partial charge in [-0.25, -0.2) is 0 Å². The number of aromatic nitrogens is 1. The lowest BCUT2D eigenvalue weighted by molar-refractivity contribution is 1.35. The number of allylic oxidation sites excluding steroid dienone is 4. The van der Waals surface area contributed by atoms with Crippen LogP contribution in [0.4, 0.5) is 5.69 Å². The minimum Gasteiger partial charge on any atom is -0.309 e. The van der Waals surface area contributed by atoms with Crippen molar-refractivity contribution in [2.45, 2.75) is 0 Å². The van der Waals surface area contributed by atoms with Gasteiger partial charge >= 0.3 is 0 Å². The topological polar surface area (TPSA) is 61.1 Å². The van der Waals surface area contributed by atoms with E-state index in [0.717, 1.165) is 38.9 Å². The van der Waals surface area contributed by atoms with E-state index in [4.69, 9.17) is 5.41 Å². The number of anilines is 1. The van der Waals surface area contributed by atoms with Gasteiger partial charge in [0.05, 0.1) is 5.69 Å². The molecule has 242 valence electrons. The number of hydrogen-bond acceptors (Lipinski definition) is 4. The molecule has 0 radical (unpaired) electrons. The van der Waals surface area contributed by atoms with E-state index in [1.165, 1.54) is 49.8 Å². The molecule has 0 atom stereocenters. The second-order valence-corrected chi connectivity index (χ2v) is 12.3. The molecule has 1 aromatic heterocycles. The summed E-state index contributed by atoms with van der Waals surface area (Å²) >= 11 is 0. The number of pyridine rings is 1. The zero-order chi connectivity index (χ0) is 34.4. The molecule has 0 bridgehead atoms. The van der Waals surface area contributed by atoms with Crippen LogP contribution in [-0.2, 0) is 0 Å². The van der Waals surface area contributed by atoms with Crippen LogP contribution < -0.4 is 5.43 Å². The van der Waals surface area contributed by atoms with Crippen LogP contribution in [0.1, 0.15) is 5.56 Å². The van der Waals surface area contributed by atoms with E-state index in [0.29, 0.717) is 0 Å². The van der Waals surface area contributed by atoms with Crippen LogP contribution >= 0.6 is 0 Å². The average Bonchev–Trinajstić information content (AvgIpc) is 3.20. The average molecular weight is 655 g/mol. The first-order valence-corrected chi connectivity index (χ1v) is 17.0. The fourth-order valence-corrected chi connectivity index (χ4v) is 6.91. The third-order valence-electron chi connectivity index (χ3n) is 9.24. The number of benzene rings is 7. The molecule has 0 fully saturated rings. The molecule has 0 amide bonds. The molecule has 0 saturated carbocycles. The van der Waals surface area contributed by atoms with E-state index in [-0.39, 0.29) is 0 Å². The minimum atomic E-state index is 0.882. The SMILES string of the molecule is N=C\C=C/C(=C\C=N\Nc1ccc(-c2cncc3ccccc23)cc1)c1cccc(-c2c3ccccc3c(-c3ccccc3)c3ccccc23)c1. The number of hydrazone groups is 1. The number of nitrogens with one attached hydrogen (secondary N) is 2. The van der Waals surface area contributed by atoms with Crippen molar-refractivity contribution in [1.29, 1.82) is 5.41 Å². The molecule has 0 aliphatic rings. The predicted molar refractivity (Wildman–Crippen MR) is 218 cm³/mol. The van der Waals surface area contributed by atoms with Gasteiger partial charge in [-0.05, 0) is 96.2 Å². The standard InChI is InChI=1S/C47H34N4/c48-28-11-17-33(27-29-50-51-39-25-23-34(24-26-39)45-32-49-31-38-14-4-5-18-40(38)45)36-15-10-16-37(30-36)47-43-21-8-6-19-41(43)46(35-12-2-1-3-13-35)42-20-7-9-22-44(42)47/h1-32,48,51H/b17-11-,33-27+,48-28?,50-29+. The Balaban J connectivity index is 1.12. The van der Waals surface area contributed by atoms with Gasteiger partial charge in [0, 0.05) is 35.8 Å². The van der Waals surface area contributed by atoms with Gasteiger partial charge in [-0.2, -0.15) is 5.10 Å². The first kappa shape index (κ1) is 31.4.